The van der Waals surface area contributed by atoms with Crippen molar-refractivity contribution in [3.63, 3.8) is 0 Å². The van der Waals surface area contributed by atoms with Crippen LogP contribution in [0.15, 0.2) is 22.8 Å². The Bertz CT molecular complexity index is 218. The molecule has 1 aromatic heterocycles. The molecule has 0 radical (unpaired) electrons. The maximum absolute atomic E-state index is 10.9. The van der Waals surface area contributed by atoms with Gasteiger partial charge in [0.15, 0.2) is 0 Å². The van der Waals surface area contributed by atoms with E-state index in [4.69, 9.17) is 10.2 Å². The molecule has 2 N–H and O–H groups in total. The monoisotopic (exact) mass is 155 g/mol. The zero-order valence-electron chi connectivity index (χ0n) is 5.95. The van der Waals surface area contributed by atoms with Crippen LogP contribution in [0.25, 0.3) is 0 Å². The van der Waals surface area contributed by atoms with Crippen molar-refractivity contribution in [2.24, 2.45) is 5.73 Å². The fourth-order valence-corrected chi connectivity index (χ4v) is 0.617. The van der Waals surface area contributed by atoms with Crippen molar-refractivity contribution < 1.29 is 13.9 Å². The van der Waals surface area contributed by atoms with Gasteiger partial charge < -0.3 is 14.9 Å². The van der Waals surface area contributed by atoms with Gasteiger partial charge in [0, 0.05) is 6.54 Å². The van der Waals surface area contributed by atoms with Crippen LogP contribution in [0.2, 0.25) is 0 Å². The van der Waals surface area contributed by atoms with Crippen LogP contribution in [0, 0.1) is 0 Å². The molecule has 0 atom stereocenters. The fourth-order valence-electron chi connectivity index (χ4n) is 0.617. The van der Waals surface area contributed by atoms with Crippen molar-refractivity contribution in [2.75, 3.05) is 13.2 Å². The molecule has 0 fully saturated rings. The first-order valence-corrected chi connectivity index (χ1v) is 3.25. The molecule has 1 aromatic rings. The highest BCUT2D eigenvalue weighted by Gasteiger charge is 2.07. The summed E-state index contributed by atoms with van der Waals surface area (Å²) < 4.78 is 9.45. The predicted molar refractivity (Wildman–Crippen MR) is 38.0 cm³/mol. The van der Waals surface area contributed by atoms with Gasteiger partial charge in [0.25, 0.3) is 0 Å². The number of rotatable bonds is 3. The molecule has 0 aliphatic rings. The highest BCUT2D eigenvalue weighted by Crippen LogP contribution is 2.01. The Kier molecular flexibility index (Phi) is 2.68. The number of nitrogens with two attached hydrogens (primary N) is 1. The third-order valence-electron chi connectivity index (χ3n) is 1.07. The maximum Gasteiger partial charge on any atom is 0.374 e. The Labute approximate surface area is 63.9 Å². The molecule has 4 heteroatoms. The summed E-state index contributed by atoms with van der Waals surface area (Å²) in [6, 6.07) is 3.16. The smallest absolute Gasteiger partial charge is 0.374 e. The molecular formula is C7H9NO3. The lowest BCUT2D eigenvalue weighted by Gasteiger charge is -1.97. The summed E-state index contributed by atoms with van der Waals surface area (Å²) in [5, 5.41) is 0. The van der Waals surface area contributed by atoms with Gasteiger partial charge in [0.1, 0.15) is 6.61 Å². The van der Waals surface area contributed by atoms with Crippen molar-refractivity contribution in [3.05, 3.63) is 24.2 Å². The molecule has 0 amide bonds. The lowest BCUT2D eigenvalue weighted by atomic mass is 10.5. The normalized spacial score (nSPS) is 9.55. The quantitative estimate of drug-likeness (QED) is 0.641. The van der Waals surface area contributed by atoms with E-state index in [1.807, 2.05) is 0 Å². The Hall–Kier alpha value is -1.29. The van der Waals surface area contributed by atoms with Gasteiger partial charge in [0.05, 0.1) is 6.26 Å². The van der Waals surface area contributed by atoms with E-state index in [1.165, 1.54) is 6.26 Å². The van der Waals surface area contributed by atoms with Crippen molar-refractivity contribution >= 4 is 5.97 Å². The van der Waals surface area contributed by atoms with Crippen LogP contribution in [-0.4, -0.2) is 19.1 Å². The second-order valence-corrected chi connectivity index (χ2v) is 1.90. The van der Waals surface area contributed by atoms with Gasteiger partial charge in [-0.1, -0.05) is 0 Å². The molecule has 60 valence electrons. The number of carbonyl (C=O) groups excluding carboxylic acids is 1. The van der Waals surface area contributed by atoms with Crippen LogP contribution < -0.4 is 5.73 Å². The van der Waals surface area contributed by atoms with E-state index < -0.39 is 5.97 Å². The summed E-state index contributed by atoms with van der Waals surface area (Å²) in [6.45, 7) is 0.548. The number of hydrogen-bond donors (Lipinski definition) is 1. The minimum absolute atomic E-state index is 0.207. The topological polar surface area (TPSA) is 65.5 Å². The average molecular weight is 155 g/mol. The number of furan rings is 1. The van der Waals surface area contributed by atoms with E-state index in [0.29, 0.717) is 6.54 Å². The molecule has 0 aliphatic heterocycles. The summed E-state index contributed by atoms with van der Waals surface area (Å²) in [5.41, 5.74) is 5.12. The standard InChI is InChI=1S/C7H9NO3/c8-3-5-11-7(9)6-2-1-4-10-6/h1-2,4H,3,5,8H2. The first-order valence-electron chi connectivity index (χ1n) is 3.25. The van der Waals surface area contributed by atoms with Gasteiger partial charge in [-0.15, -0.1) is 0 Å². The number of ether oxygens (including phenoxy) is 1. The second kappa shape index (κ2) is 3.78. The van der Waals surface area contributed by atoms with Crippen molar-refractivity contribution in [1.29, 1.82) is 0 Å². The third kappa shape index (κ3) is 2.09. The van der Waals surface area contributed by atoms with Crippen molar-refractivity contribution in [2.45, 2.75) is 0 Å². The van der Waals surface area contributed by atoms with Gasteiger partial charge in [-0.3, -0.25) is 0 Å². The number of carbonyl (C=O) groups is 1. The third-order valence-corrected chi connectivity index (χ3v) is 1.07. The van der Waals surface area contributed by atoms with Gasteiger partial charge in [-0.2, -0.15) is 0 Å². The number of hydrogen-bond acceptors (Lipinski definition) is 4. The van der Waals surface area contributed by atoms with Crippen LogP contribution >= 0.6 is 0 Å². The molecule has 11 heavy (non-hydrogen) atoms. The lowest BCUT2D eigenvalue weighted by Crippen LogP contribution is -2.12. The van der Waals surface area contributed by atoms with Gasteiger partial charge in [-0.25, -0.2) is 4.79 Å². The molecule has 0 aromatic carbocycles. The average Bonchev–Trinajstić information content (AvgIpc) is 2.52. The Morgan fingerprint density at radius 1 is 1.73 bits per heavy atom. The van der Waals surface area contributed by atoms with Crippen LogP contribution in [0.4, 0.5) is 0 Å². The Balaban J connectivity index is 2.43. The first kappa shape index (κ1) is 7.81. The molecular weight excluding hydrogens is 146 g/mol. The zero-order chi connectivity index (χ0) is 8.10. The van der Waals surface area contributed by atoms with Gasteiger partial charge in [-0.05, 0) is 12.1 Å². The molecule has 0 saturated heterocycles. The molecule has 0 spiro atoms. The predicted octanol–water partition coefficient (Wildman–Crippen LogP) is 0.395. The summed E-state index contributed by atoms with van der Waals surface area (Å²) in [6.07, 6.45) is 1.42. The molecule has 0 unspecified atom stereocenters. The Morgan fingerprint density at radius 2 is 2.55 bits per heavy atom. The molecule has 0 bridgehead atoms. The van der Waals surface area contributed by atoms with Crippen LogP contribution in [0.1, 0.15) is 10.6 Å². The maximum atomic E-state index is 10.9. The highest BCUT2D eigenvalue weighted by atomic mass is 16.5. The highest BCUT2D eigenvalue weighted by molar-refractivity contribution is 5.86. The largest absolute Gasteiger partial charge is 0.458 e. The van der Waals surface area contributed by atoms with E-state index in [9.17, 15) is 4.79 Å². The Morgan fingerprint density at radius 3 is 3.09 bits per heavy atom. The molecule has 0 aliphatic carbocycles. The number of esters is 1. The fraction of sp³-hybridized carbons (Fsp3) is 0.286. The molecule has 1 rings (SSSR count). The minimum atomic E-state index is -0.472. The van der Waals surface area contributed by atoms with E-state index in [1.54, 1.807) is 12.1 Å². The SMILES string of the molecule is NCCOC(=O)c1ccco1. The van der Waals surface area contributed by atoms with Crippen LogP contribution in [0.3, 0.4) is 0 Å². The van der Waals surface area contributed by atoms with Crippen LogP contribution in [0.5, 0.6) is 0 Å². The zero-order valence-corrected chi connectivity index (χ0v) is 5.95. The minimum Gasteiger partial charge on any atom is -0.458 e. The first-order chi connectivity index (χ1) is 5.34. The second-order valence-electron chi connectivity index (χ2n) is 1.90. The van der Waals surface area contributed by atoms with E-state index in [0.717, 1.165) is 0 Å². The van der Waals surface area contributed by atoms with E-state index in [2.05, 4.69) is 4.74 Å². The summed E-state index contributed by atoms with van der Waals surface area (Å²) in [4.78, 5) is 10.9. The van der Waals surface area contributed by atoms with Gasteiger partial charge in [0.2, 0.25) is 5.76 Å². The molecule has 0 saturated carbocycles. The van der Waals surface area contributed by atoms with Crippen LogP contribution in [-0.2, 0) is 4.74 Å². The summed E-state index contributed by atoms with van der Waals surface area (Å²) >= 11 is 0. The summed E-state index contributed by atoms with van der Waals surface area (Å²) in [5.74, 6) is -0.265. The lowest BCUT2D eigenvalue weighted by molar-refractivity contribution is 0.0480. The molecule has 4 nitrogen and oxygen atoms in total. The van der Waals surface area contributed by atoms with E-state index >= 15 is 0 Å². The van der Waals surface area contributed by atoms with Gasteiger partial charge >= 0.3 is 5.97 Å². The van der Waals surface area contributed by atoms with E-state index in [-0.39, 0.29) is 12.4 Å². The molecule has 1 heterocycles. The van der Waals surface area contributed by atoms with Crippen molar-refractivity contribution in [1.82, 2.24) is 0 Å². The van der Waals surface area contributed by atoms with Crippen molar-refractivity contribution in [3.8, 4) is 0 Å². The summed E-state index contributed by atoms with van der Waals surface area (Å²) in [7, 11) is 0.